The summed E-state index contributed by atoms with van der Waals surface area (Å²) in [5.74, 6) is -1.08. The molecule has 4 heteroatoms. The van der Waals surface area contributed by atoms with Crippen molar-refractivity contribution < 1.29 is 0 Å². The van der Waals surface area contributed by atoms with Crippen molar-refractivity contribution in [1.29, 1.82) is 10.5 Å². The maximum Gasteiger partial charge on any atom is 0.144 e. The van der Waals surface area contributed by atoms with Crippen LogP contribution in [0, 0.1) is 35.5 Å². The molecule has 1 aromatic carbocycles. The van der Waals surface area contributed by atoms with Gasteiger partial charge in [0.05, 0.1) is 12.1 Å². The quantitative estimate of drug-likeness (QED) is 0.798. The first kappa shape index (κ1) is 13.9. The van der Waals surface area contributed by atoms with Crippen LogP contribution >= 0.6 is 0 Å². The number of aromatic nitrogens is 2. The number of aromatic amines is 1. The number of hydrogen-bond acceptors (Lipinski definition) is 3. The molecule has 0 aliphatic rings. The molecule has 0 amide bonds. The van der Waals surface area contributed by atoms with E-state index < -0.39 is 5.92 Å². The minimum absolute atomic E-state index is 0.320. The van der Waals surface area contributed by atoms with Crippen LogP contribution in [-0.2, 0) is 0 Å². The molecule has 0 saturated heterocycles. The van der Waals surface area contributed by atoms with Crippen molar-refractivity contribution in [3.63, 3.8) is 0 Å². The lowest BCUT2D eigenvalue weighted by Crippen LogP contribution is -2.12. The number of nitrogens with zero attached hydrogens (tertiary/aromatic N) is 3. The van der Waals surface area contributed by atoms with Gasteiger partial charge in [-0.3, -0.25) is 4.98 Å². The highest BCUT2D eigenvalue weighted by atomic mass is 14.7. The zero-order valence-corrected chi connectivity index (χ0v) is 12.1. The molecule has 0 aliphatic carbocycles. The Kier molecular flexibility index (Phi) is 3.60. The molecule has 3 rings (SSSR count). The van der Waals surface area contributed by atoms with Crippen molar-refractivity contribution in [2.75, 3.05) is 0 Å². The summed E-state index contributed by atoms with van der Waals surface area (Å²) in [5, 5.41) is 19.9. The van der Waals surface area contributed by atoms with Gasteiger partial charge in [0.15, 0.2) is 0 Å². The molecule has 22 heavy (non-hydrogen) atoms. The third-order valence-corrected chi connectivity index (χ3v) is 3.91. The number of nitriles is 2. The average Bonchev–Trinajstić information content (AvgIpc) is 2.89. The molecule has 106 valence electrons. The summed E-state index contributed by atoms with van der Waals surface area (Å²) in [5.41, 5.74) is 3.87. The highest BCUT2D eigenvalue weighted by molar-refractivity contribution is 5.85. The number of nitrogens with one attached hydrogen (secondary N) is 1. The van der Waals surface area contributed by atoms with Crippen LogP contribution in [0.25, 0.3) is 10.9 Å². The van der Waals surface area contributed by atoms with Gasteiger partial charge in [0, 0.05) is 34.9 Å². The Morgan fingerprint density at radius 2 is 1.86 bits per heavy atom. The summed E-state index contributed by atoms with van der Waals surface area (Å²) < 4.78 is 0. The number of fused-ring (bicyclic) bond motifs is 1. The minimum Gasteiger partial charge on any atom is -0.358 e. The Bertz CT molecular complexity index is 867. The monoisotopic (exact) mass is 286 g/mol. The van der Waals surface area contributed by atoms with E-state index >= 15 is 0 Å². The number of rotatable bonds is 3. The molecule has 1 N–H and O–H groups in total. The van der Waals surface area contributed by atoms with Crippen molar-refractivity contribution in [2.45, 2.75) is 12.8 Å². The highest BCUT2D eigenvalue weighted by Crippen LogP contribution is 2.37. The number of H-pyrrole nitrogens is 1. The number of hydrogen-bond donors (Lipinski definition) is 1. The van der Waals surface area contributed by atoms with Gasteiger partial charge in [-0.2, -0.15) is 10.5 Å². The number of pyridine rings is 1. The van der Waals surface area contributed by atoms with Gasteiger partial charge in [-0.1, -0.05) is 24.3 Å². The molecule has 0 bridgehead atoms. The molecule has 4 nitrogen and oxygen atoms in total. The molecular weight excluding hydrogens is 272 g/mol. The van der Waals surface area contributed by atoms with Crippen molar-refractivity contribution in [1.82, 2.24) is 9.97 Å². The fourth-order valence-corrected chi connectivity index (χ4v) is 2.96. The van der Waals surface area contributed by atoms with Gasteiger partial charge in [-0.05, 0) is 30.2 Å². The smallest absolute Gasteiger partial charge is 0.144 e. The van der Waals surface area contributed by atoms with Crippen LogP contribution in [0.5, 0.6) is 0 Å². The van der Waals surface area contributed by atoms with Crippen LogP contribution in [0.4, 0.5) is 0 Å². The molecule has 0 saturated carbocycles. The van der Waals surface area contributed by atoms with Gasteiger partial charge in [-0.25, -0.2) is 0 Å². The van der Waals surface area contributed by atoms with E-state index in [4.69, 9.17) is 0 Å². The predicted molar refractivity (Wildman–Crippen MR) is 83.8 cm³/mol. The first-order valence-electron chi connectivity index (χ1n) is 7.02. The zero-order valence-electron chi connectivity index (χ0n) is 12.1. The van der Waals surface area contributed by atoms with Crippen LogP contribution in [0.15, 0.2) is 48.8 Å². The lowest BCUT2D eigenvalue weighted by molar-refractivity contribution is 0.706. The van der Waals surface area contributed by atoms with E-state index in [-0.39, 0.29) is 5.92 Å². The van der Waals surface area contributed by atoms with E-state index in [9.17, 15) is 10.5 Å². The zero-order chi connectivity index (χ0) is 15.5. The standard InChI is InChI=1S/C18H14N4/c1-12-17(15-6-2-3-7-16(15)22-12)18(14(9-19)10-20)13-5-4-8-21-11-13/h2-8,11,14,18,22H,1H3/t18-/m0/s1. The third kappa shape index (κ3) is 2.21. The topological polar surface area (TPSA) is 76.3 Å². The number of aryl methyl sites for hydroxylation is 1. The largest absolute Gasteiger partial charge is 0.358 e. The van der Waals surface area contributed by atoms with E-state index in [2.05, 4.69) is 22.1 Å². The fraction of sp³-hybridized carbons (Fsp3) is 0.167. The summed E-state index contributed by atoms with van der Waals surface area (Å²) in [7, 11) is 0. The molecule has 2 heterocycles. The molecule has 0 spiro atoms. The second-order valence-electron chi connectivity index (χ2n) is 5.21. The normalized spacial score (nSPS) is 12.0. The fourth-order valence-electron chi connectivity index (χ4n) is 2.96. The van der Waals surface area contributed by atoms with Crippen molar-refractivity contribution in [3.8, 4) is 12.1 Å². The van der Waals surface area contributed by atoms with Crippen LogP contribution in [0.3, 0.4) is 0 Å². The second-order valence-corrected chi connectivity index (χ2v) is 5.21. The maximum atomic E-state index is 9.42. The maximum absolute atomic E-state index is 9.42. The lowest BCUT2D eigenvalue weighted by Gasteiger charge is -2.18. The average molecular weight is 286 g/mol. The van der Waals surface area contributed by atoms with Crippen LogP contribution in [0.2, 0.25) is 0 Å². The van der Waals surface area contributed by atoms with E-state index in [1.165, 1.54) is 0 Å². The Hall–Kier alpha value is -3.11. The molecule has 0 radical (unpaired) electrons. The van der Waals surface area contributed by atoms with Gasteiger partial charge in [0.1, 0.15) is 5.92 Å². The Morgan fingerprint density at radius 1 is 1.09 bits per heavy atom. The van der Waals surface area contributed by atoms with Gasteiger partial charge in [-0.15, -0.1) is 0 Å². The predicted octanol–water partition coefficient (Wildman–Crippen LogP) is 3.67. The molecule has 1 atom stereocenters. The van der Waals surface area contributed by atoms with Crippen molar-refractivity contribution in [3.05, 3.63) is 65.6 Å². The summed E-state index contributed by atoms with van der Waals surface area (Å²) in [4.78, 5) is 7.49. The minimum atomic E-state index is -0.762. The first-order chi connectivity index (χ1) is 10.8. The van der Waals surface area contributed by atoms with Crippen molar-refractivity contribution >= 4 is 10.9 Å². The molecule has 0 fully saturated rings. The first-order valence-corrected chi connectivity index (χ1v) is 7.02. The van der Waals surface area contributed by atoms with Crippen LogP contribution in [-0.4, -0.2) is 9.97 Å². The van der Waals surface area contributed by atoms with E-state index in [0.29, 0.717) is 0 Å². The van der Waals surface area contributed by atoms with Gasteiger partial charge >= 0.3 is 0 Å². The molecule has 2 aromatic heterocycles. The highest BCUT2D eigenvalue weighted by Gasteiger charge is 2.29. The SMILES string of the molecule is Cc1[nH]c2ccccc2c1[C@@H](c1cccnc1)C(C#N)C#N. The molecule has 0 aliphatic heterocycles. The summed E-state index contributed by atoms with van der Waals surface area (Å²) in [6, 6.07) is 16.0. The summed E-state index contributed by atoms with van der Waals surface area (Å²) in [6.07, 6.45) is 3.42. The number of para-hydroxylation sites is 1. The van der Waals surface area contributed by atoms with Crippen LogP contribution in [0.1, 0.15) is 22.7 Å². The van der Waals surface area contributed by atoms with Crippen LogP contribution < -0.4 is 0 Å². The van der Waals surface area contributed by atoms with Gasteiger partial charge in [0.2, 0.25) is 0 Å². The Morgan fingerprint density at radius 3 is 2.55 bits per heavy atom. The Labute approximate surface area is 128 Å². The van der Waals surface area contributed by atoms with E-state index in [1.807, 2.05) is 43.3 Å². The summed E-state index contributed by atoms with van der Waals surface area (Å²) in [6.45, 7) is 1.98. The second kappa shape index (κ2) is 5.71. The molecule has 3 aromatic rings. The third-order valence-electron chi connectivity index (χ3n) is 3.91. The molecular formula is C18H14N4. The van der Waals surface area contributed by atoms with Crippen molar-refractivity contribution in [2.24, 2.45) is 5.92 Å². The van der Waals surface area contributed by atoms with E-state index in [0.717, 1.165) is 27.7 Å². The molecule has 0 unspecified atom stereocenters. The lowest BCUT2D eigenvalue weighted by atomic mass is 9.81. The number of benzene rings is 1. The van der Waals surface area contributed by atoms with Gasteiger partial charge < -0.3 is 4.98 Å². The summed E-state index contributed by atoms with van der Waals surface area (Å²) >= 11 is 0. The Balaban J connectivity index is 2.28. The van der Waals surface area contributed by atoms with E-state index in [1.54, 1.807) is 12.4 Å². The van der Waals surface area contributed by atoms with Gasteiger partial charge in [0.25, 0.3) is 0 Å².